The minimum atomic E-state index is 0.722. The largest absolute Gasteiger partial charge is 0.227 e. The average molecular weight is 839 g/mol. The molecule has 0 unspecified atom stereocenters. The zero-order valence-corrected chi connectivity index (χ0v) is 36.1. The van der Waals surface area contributed by atoms with Gasteiger partial charge in [0.1, 0.15) is 0 Å². The van der Waals surface area contributed by atoms with Crippen molar-refractivity contribution in [1.29, 1.82) is 0 Å². The summed E-state index contributed by atoms with van der Waals surface area (Å²) in [6.45, 7) is 0. The van der Waals surface area contributed by atoms with Gasteiger partial charge < -0.3 is 0 Å². The Morgan fingerprint density at radius 1 is 0.197 bits per heavy atom. The fraction of sp³-hybridized carbons (Fsp3) is 0. The molecule has 308 valence electrons. The van der Waals surface area contributed by atoms with Crippen molar-refractivity contribution in [3.05, 3.63) is 255 Å². The highest BCUT2D eigenvalue weighted by atomic mass is 14.9. The minimum Gasteiger partial charge on any atom is -0.227 e. The molecule has 0 aliphatic carbocycles. The van der Waals surface area contributed by atoms with E-state index in [1.165, 1.54) is 66.4 Å². The van der Waals surface area contributed by atoms with E-state index in [1.807, 2.05) is 0 Å². The Labute approximate surface area is 384 Å². The molecule has 12 aromatic rings. The first-order chi connectivity index (χ1) is 32.7. The highest BCUT2D eigenvalue weighted by Gasteiger charge is 2.16. The topological polar surface area (TPSA) is 25.8 Å². The molecule has 66 heavy (non-hydrogen) atoms. The number of fused-ring (bicyclic) bond motifs is 4. The molecule has 12 rings (SSSR count). The maximum atomic E-state index is 5.29. The van der Waals surface area contributed by atoms with E-state index in [0.717, 1.165) is 55.4 Å². The van der Waals surface area contributed by atoms with Crippen LogP contribution >= 0.6 is 0 Å². The van der Waals surface area contributed by atoms with E-state index in [4.69, 9.17) is 9.97 Å². The molecule has 0 N–H and O–H groups in total. The molecule has 0 aliphatic rings. The summed E-state index contributed by atoms with van der Waals surface area (Å²) in [5.74, 6) is 0.722. The van der Waals surface area contributed by atoms with Gasteiger partial charge in [-0.2, -0.15) is 0 Å². The summed E-state index contributed by atoms with van der Waals surface area (Å²) < 4.78 is 0. The van der Waals surface area contributed by atoms with Gasteiger partial charge in [0, 0.05) is 21.9 Å². The minimum absolute atomic E-state index is 0.722. The molecule has 1 heterocycles. The van der Waals surface area contributed by atoms with E-state index in [-0.39, 0.29) is 0 Å². The molecule has 1 aromatic heterocycles. The van der Waals surface area contributed by atoms with Gasteiger partial charge in [0.15, 0.2) is 5.82 Å². The normalized spacial score (nSPS) is 11.3. The van der Waals surface area contributed by atoms with E-state index in [0.29, 0.717) is 0 Å². The highest BCUT2D eigenvalue weighted by Crippen LogP contribution is 2.38. The van der Waals surface area contributed by atoms with Crippen molar-refractivity contribution in [2.45, 2.75) is 0 Å². The quantitative estimate of drug-likeness (QED) is 0.143. The van der Waals surface area contributed by atoms with Gasteiger partial charge in [-0.15, -0.1) is 0 Å². The molecule has 0 amide bonds. The van der Waals surface area contributed by atoms with Crippen LogP contribution in [0.4, 0.5) is 0 Å². The molecular formula is C64H42N2. The molecule has 2 heteroatoms. The van der Waals surface area contributed by atoms with Gasteiger partial charge >= 0.3 is 0 Å². The lowest BCUT2D eigenvalue weighted by atomic mass is 9.91. The predicted molar refractivity (Wildman–Crippen MR) is 278 cm³/mol. The maximum absolute atomic E-state index is 5.29. The Hall–Kier alpha value is -8.72. The van der Waals surface area contributed by atoms with Crippen molar-refractivity contribution < 1.29 is 0 Å². The molecule has 0 saturated carbocycles. The summed E-state index contributed by atoms with van der Waals surface area (Å²) in [7, 11) is 0. The van der Waals surface area contributed by atoms with Crippen molar-refractivity contribution in [2.24, 2.45) is 0 Å². The van der Waals surface area contributed by atoms with Crippen LogP contribution in [0, 0.1) is 0 Å². The van der Waals surface area contributed by atoms with Crippen LogP contribution in [0.25, 0.3) is 122 Å². The van der Waals surface area contributed by atoms with Gasteiger partial charge in [0.2, 0.25) is 0 Å². The van der Waals surface area contributed by atoms with Crippen LogP contribution in [-0.4, -0.2) is 9.97 Å². The summed E-state index contributed by atoms with van der Waals surface area (Å²) in [4.78, 5) is 10.5. The SMILES string of the molecule is c1ccc(-c2cc(-c3ccccc3)cc(-c3cccc(-c4cccc(-c5cccc(-c6ccc(-c7nc(-c8ccc9ccccc9c8)nc8c7ccc7ccccc78)cc6)c5)c4)c3)c2)cc1. The number of rotatable bonds is 8. The van der Waals surface area contributed by atoms with Crippen molar-refractivity contribution >= 4 is 32.4 Å². The monoisotopic (exact) mass is 838 g/mol. The lowest BCUT2D eigenvalue weighted by molar-refractivity contribution is 1.24. The Morgan fingerprint density at radius 3 is 1.18 bits per heavy atom. The second-order valence-electron chi connectivity index (χ2n) is 17.0. The van der Waals surface area contributed by atoms with Crippen LogP contribution in [0.1, 0.15) is 0 Å². The second kappa shape index (κ2) is 16.8. The molecular weight excluding hydrogens is 797 g/mol. The number of aromatic nitrogens is 2. The Morgan fingerprint density at radius 2 is 0.591 bits per heavy atom. The van der Waals surface area contributed by atoms with Crippen molar-refractivity contribution in [2.75, 3.05) is 0 Å². The summed E-state index contributed by atoms with van der Waals surface area (Å²) in [5, 5.41) is 5.69. The number of benzene rings is 11. The van der Waals surface area contributed by atoms with Gasteiger partial charge in [-0.25, -0.2) is 9.97 Å². The standard InChI is InChI=1S/C64H42N2/c1-3-14-43(15-4-1)57-40-58(44-16-5-2-6-17-44)42-59(41-57)55-26-13-25-54(38-55)53-24-12-23-52(37-53)51-22-11-21-50(36-51)46-28-31-48(32-29-46)62-61-35-34-47-19-9-10-27-60(47)63(61)66-64(65-62)56-33-30-45-18-7-8-20-49(45)39-56/h1-42H. The van der Waals surface area contributed by atoms with E-state index in [2.05, 4.69) is 255 Å². The third kappa shape index (κ3) is 7.51. The first kappa shape index (κ1) is 38.9. The van der Waals surface area contributed by atoms with Gasteiger partial charge in [0.25, 0.3) is 0 Å². The fourth-order valence-electron chi connectivity index (χ4n) is 9.39. The number of hydrogen-bond donors (Lipinski definition) is 0. The zero-order valence-electron chi connectivity index (χ0n) is 36.1. The molecule has 0 aliphatic heterocycles. The van der Waals surface area contributed by atoms with Gasteiger partial charge in [0.05, 0.1) is 11.2 Å². The van der Waals surface area contributed by atoms with Crippen LogP contribution < -0.4 is 0 Å². The molecule has 0 atom stereocenters. The lowest BCUT2D eigenvalue weighted by Gasteiger charge is -2.13. The second-order valence-corrected chi connectivity index (χ2v) is 17.0. The first-order valence-electron chi connectivity index (χ1n) is 22.5. The molecule has 11 aromatic carbocycles. The Kier molecular flexibility index (Phi) is 9.89. The van der Waals surface area contributed by atoms with E-state index in [1.54, 1.807) is 0 Å². The smallest absolute Gasteiger partial charge is 0.160 e. The molecule has 0 bridgehead atoms. The Bertz CT molecular complexity index is 3680. The van der Waals surface area contributed by atoms with Crippen LogP contribution in [0.15, 0.2) is 255 Å². The molecule has 0 spiro atoms. The number of hydrogen-bond acceptors (Lipinski definition) is 2. The summed E-state index contributed by atoms with van der Waals surface area (Å²) in [6.07, 6.45) is 0. The molecule has 0 radical (unpaired) electrons. The first-order valence-corrected chi connectivity index (χ1v) is 22.5. The van der Waals surface area contributed by atoms with Crippen LogP contribution in [0.2, 0.25) is 0 Å². The van der Waals surface area contributed by atoms with Crippen LogP contribution in [0.5, 0.6) is 0 Å². The Balaban J connectivity index is 0.869. The maximum Gasteiger partial charge on any atom is 0.160 e. The van der Waals surface area contributed by atoms with Crippen molar-refractivity contribution in [3.8, 4) is 89.4 Å². The lowest BCUT2D eigenvalue weighted by Crippen LogP contribution is -1.96. The van der Waals surface area contributed by atoms with Crippen LogP contribution in [0.3, 0.4) is 0 Å². The van der Waals surface area contributed by atoms with Crippen molar-refractivity contribution in [1.82, 2.24) is 9.97 Å². The van der Waals surface area contributed by atoms with Gasteiger partial charge in [-0.05, 0) is 131 Å². The molecule has 2 nitrogen and oxygen atoms in total. The van der Waals surface area contributed by atoms with Crippen LogP contribution in [-0.2, 0) is 0 Å². The summed E-state index contributed by atoms with van der Waals surface area (Å²) >= 11 is 0. The summed E-state index contributed by atoms with van der Waals surface area (Å²) in [5.41, 5.74) is 18.2. The third-order valence-electron chi connectivity index (χ3n) is 12.8. The third-order valence-corrected chi connectivity index (χ3v) is 12.8. The highest BCUT2D eigenvalue weighted by molar-refractivity contribution is 6.10. The van der Waals surface area contributed by atoms with Crippen molar-refractivity contribution in [3.63, 3.8) is 0 Å². The average Bonchev–Trinajstić information content (AvgIpc) is 3.41. The number of nitrogens with zero attached hydrogens (tertiary/aromatic N) is 2. The van der Waals surface area contributed by atoms with E-state index >= 15 is 0 Å². The molecule has 0 saturated heterocycles. The van der Waals surface area contributed by atoms with E-state index in [9.17, 15) is 0 Å². The van der Waals surface area contributed by atoms with Gasteiger partial charge in [-0.3, -0.25) is 0 Å². The zero-order chi connectivity index (χ0) is 43.8. The summed E-state index contributed by atoms with van der Waals surface area (Å²) in [6, 6.07) is 91.6. The fourth-order valence-corrected chi connectivity index (χ4v) is 9.39. The van der Waals surface area contributed by atoms with E-state index < -0.39 is 0 Å². The predicted octanol–water partition coefficient (Wildman–Crippen LogP) is 17.3. The van der Waals surface area contributed by atoms with Gasteiger partial charge in [-0.1, -0.05) is 206 Å². The molecule has 0 fully saturated rings.